The second kappa shape index (κ2) is 10.7. The highest BCUT2D eigenvalue weighted by molar-refractivity contribution is 7.91. The molecule has 0 radical (unpaired) electrons. The van der Waals surface area contributed by atoms with Gasteiger partial charge in [-0.05, 0) is 74.7 Å². The molecular formula is C25H31ClF3N3O3S. The first-order valence-corrected chi connectivity index (χ1v) is 13.7. The van der Waals surface area contributed by atoms with Gasteiger partial charge in [0, 0.05) is 35.3 Å². The Morgan fingerprint density at radius 1 is 1.17 bits per heavy atom. The summed E-state index contributed by atoms with van der Waals surface area (Å²) >= 11 is 6.00. The Kier molecular flexibility index (Phi) is 8.44. The normalized spacial score (nSPS) is 17.7. The van der Waals surface area contributed by atoms with Gasteiger partial charge in [-0.15, -0.1) is 0 Å². The number of alkyl halides is 3. The maximum Gasteiger partial charge on any atom is 0.416 e. The summed E-state index contributed by atoms with van der Waals surface area (Å²) < 4.78 is 67.2. The number of carbonyl (C=O) groups is 1. The summed E-state index contributed by atoms with van der Waals surface area (Å²) in [6, 6.07) is 7.63. The predicted octanol–water partition coefficient (Wildman–Crippen LogP) is 4.74. The topological polar surface area (TPSA) is 92.5 Å². The molecule has 6 nitrogen and oxygen atoms in total. The average molecular weight is 546 g/mol. The molecule has 1 atom stereocenters. The third-order valence-corrected chi connectivity index (χ3v) is 8.74. The van der Waals surface area contributed by atoms with Crippen molar-refractivity contribution in [3.05, 3.63) is 63.7 Å². The van der Waals surface area contributed by atoms with E-state index in [9.17, 15) is 26.4 Å². The molecule has 0 spiro atoms. The van der Waals surface area contributed by atoms with Gasteiger partial charge < -0.3 is 11.1 Å². The Balaban J connectivity index is 1.91. The van der Waals surface area contributed by atoms with E-state index in [1.165, 1.54) is 37.3 Å². The van der Waals surface area contributed by atoms with Crippen LogP contribution in [0.15, 0.2) is 41.3 Å². The molecule has 2 aromatic carbocycles. The lowest BCUT2D eigenvalue weighted by atomic mass is 9.85. The molecule has 3 rings (SSSR count). The number of amides is 1. The van der Waals surface area contributed by atoms with E-state index in [-0.39, 0.29) is 44.9 Å². The Hall–Kier alpha value is -2.14. The lowest BCUT2D eigenvalue weighted by Crippen LogP contribution is -2.51. The molecule has 11 heteroatoms. The number of benzene rings is 2. The molecule has 1 unspecified atom stereocenters. The monoisotopic (exact) mass is 545 g/mol. The van der Waals surface area contributed by atoms with Crippen molar-refractivity contribution in [3.63, 3.8) is 0 Å². The van der Waals surface area contributed by atoms with E-state index in [1.807, 2.05) is 4.90 Å². The number of nitrogens with two attached hydrogens (primary N) is 1. The fourth-order valence-corrected chi connectivity index (χ4v) is 5.88. The third kappa shape index (κ3) is 6.22. The highest BCUT2D eigenvalue weighted by Crippen LogP contribution is 2.40. The number of rotatable bonds is 7. The summed E-state index contributed by atoms with van der Waals surface area (Å²) in [4.78, 5) is 14.8. The van der Waals surface area contributed by atoms with E-state index >= 15 is 0 Å². The number of carbonyl (C=O) groups excluding carboxylic acids is 1. The van der Waals surface area contributed by atoms with Crippen LogP contribution < -0.4 is 11.1 Å². The minimum Gasteiger partial charge on any atom is -0.348 e. The zero-order chi connectivity index (χ0) is 26.9. The van der Waals surface area contributed by atoms with Gasteiger partial charge in [0.25, 0.3) is 5.91 Å². The standard InChI is InChI=1S/C25H31ClF3N3O3S/c1-4-36(34,35)22-10-8-18(26)12-17(22)14-31-23(33)16-7-9-20(21(13-16)25(27,28)29)24(2,3)32-11-5-6-19(30)15-32/h7-10,12-13,19H,4-6,11,14-15,30H2,1-3H3,(H,31,33). The zero-order valence-corrected chi connectivity index (χ0v) is 22.0. The second-order valence-electron chi connectivity index (χ2n) is 9.50. The van der Waals surface area contributed by atoms with E-state index in [0.717, 1.165) is 18.9 Å². The smallest absolute Gasteiger partial charge is 0.348 e. The van der Waals surface area contributed by atoms with Gasteiger partial charge in [0.2, 0.25) is 0 Å². The van der Waals surface area contributed by atoms with Crippen molar-refractivity contribution in [2.24, 2.45) is 5.73 Å². The molecule has 1 heterocycles. The number of nitrogens with one attached hydrogen (secondary N) is 1. The first-order valence-electron chi connectivity index (χ1n) is 11.7. The molecule has 1 amide bonds. The highest BCUT2D eigenvalue weighted by atomic mass is 35.5. The van der Waals surface area contributed by atoms with Gasteiger partial charge in [-0.25, -0.2) is 8.42 Å². The lowest BCUT2D eigenvalue weighted by molar-refractivity contribution is -0.139. The molecule has 3 N–H and O–H groups in total. The van der Waals surface area contributed by atoms with Gasteiger partial charge in [0.1, 0.15) is 0 Å². The number of halogens is 4. The van der Waals surface area contributed by atoms with Crippen molar-refractivity contribution in [1.82, 2.24) is 10.2 Å². The van der Waals surface area contributed by atoms with Gasteiger partial charge >= 0.3 is 6.18 Å². The van der Waals surface area contributed by atoms with Crippen LogP contribution in [0.4, 0.5) is 13.2 Å². The molecule has 0 saturated carbocycles. The molecule has 2 aromatic rings. The summed E-state index contributed by atoms with van der Waals surface area (Å²) in [6.45, 7) is 5.84. The van der Waals surface area contributed by atoms with Crippen molar-refractivity contribution >= 4 is 27.3 Å². The third-order valence-electron chi connectivity index (χ3n) is 6.67. The minimum absolute atomic E-state index is 0.0162. The van der Waals surface area contributed by atoms with E-state index in [1.54, 1.807) is 13.8 Å². The maximum atomic E-state index is 14.1. The van der Waals surface area contributed by atoms with Crippen molar-refractivity contribution in [1.29, 1.82) is 0 Å². The van der Waals surface area contributed by atoms with E-state index in [2.05, 4.69) is 5.32 Å². The molecule has 1 aliphatic rings. The average Bonchev–Trinajstić information content (AvgIpc) is 2.81. The summed E-state index contributed by atoms with van der Waals surface area (Å²) in [5.74, 6) is -0.909. The summed E-state index contributed by atoms with van der Waals surface area (Å²) in [5, 5.41) is 2.80. The Bertz CT molecular complexity index is 1230. The van der Waals surface area contributed by atoms with Crippen LogP contribution in [-0.4, -0.2) is 44.1 Å². The van der Waals surface area contributed by atoms with Crippen LogP contribution in [0.2, 0.25) is 5.02 Å². The van der Waals surface area contributed by atoms with Crippen LogP contribution >= 0.6 is 11.6 Å². The molecule has 1 aliphatic heterocycles. The van der Waals surface area contributed by atoms with Crippen LogP contribution in [0.1, 0.15) is 60.7 Å². The first kappa shape index (κ1) is 28.4. The van der Waals surface area contributed by atoms with Crippen molar-refractivity contribution in [3.8, 4) is 0 Å². The summed E-state index contributed by atoms with van der Waals surface area (Å²) in [7, 11) is -3.59. The number of nitrogens with zero attached hydrogens (tertiary/aromatic N) is 1. The minimum atomic E-state index is -4.68. The first-order chi connectivity index (χ1) is 16.7. The largest absolute Gasteiger partial charge is 0.416 e. The molecule has 1 saturated heterocycles. The highest BCUT2D eigenvalue weighted by Gasteiger charge is 2.41. The van der Waals surface area contributed by atoms with Gasteiger partial charge in [0.15, 0.2) is 9.84 Å². The molecule has 198 valence electrons. The number of sulfone groups is 1. The molecule has 0 aliphatic carbocycles. The Labute approximate surface area is 214 Å². The van der Waals surface area contributed by atoms with Crippen molar-refractivity contribution in [2.75, 3.05) is 18.8 Å². The number of hydrogen-bond donors (Lipinski definition) is 2. The number of likely N-dealkylation sites (tertiary alicyclic amines) is 1. The molecule has 0 bridgehead atoms. The molecule has 36 heavy (non-hydrogen) atoms. The fraction of sp³-hybridized carbons (Fsp3) is 0.480. The van der Waals surface area contributed by atoms with Gasteiger partial charge in [0.05, 0.1) is 16.2 Å². The molecule has 1 fully saturated rings. The molecular weight excluding hydrogens is 515 g/mol. The van der Waals surface area contributed by atoms with Crippen LogP contribution in [0.3, 0.4) is 0 Å². The van der Waals surface area contributed by atoms with Crippen molar-refractivity contribution < 1.29 is 26.4 Å². The fourth-order valence-electron chi connectivity index (χ4n) is 4.56. The van der Waals surface area contributed by atoms with Gasteiger partial charge in [-0.2, -0.15) is 13.2 Å². The van der Waals surface area contributed by atoms with Gasteiger partial charge in [-0.3, -0.25) is 9.69 Å². The van der Waals surface area contributed by atoms with E-state index < -0.39 is 33.0 Å². The zero-order valence-electron chi connectivity index (χ0n) is 20.5. The van der Waals surface area contributed by atoms with Crippen LogP contribution in [-0.2, 0) is 28.1 Å². The quantitative estimate of drug-likeness (QED) is 0.524. The second-order valence-corrected chi connectivity index (χ2v) is 12.2. The van der Waals surface area contributed by atoms with Crippen LogP contribution in [0, 0.1) is 0 Å². The number of piperidine rings is 1. The van der Waals surface area contributed by atoms with Crippen LogP contribution in [0.25, 0.3) is 0 Å². The van der Waals surface area contributed by atoms with E-state index in [4.69, 9.17) is 17.3 Å². The van der Waals surface area contributed by atoms with E-state index in [0.29, 0.717) is 13.1 Å². The Morgan fingerprint density at radius 3 is 2.47 bits per heavy atom. The maximum absolute atomic E-state index is 14.1. The SMILES string of the molecule is CCS(=O)(=O)c1ccc(Cl)cc1CNC(=O)c1ccc(C(C)(C)N2CCCC(N)C2)c(C(F)(F)F)c1. The Morgan fingerprint density at radius 2 is 1.86 bits per heavy atom. The summed E-state index contributed by atoms with van der Waals surface area (Å²) in [6.07, 6.45) is -3.06. The van der Waals surface area contributed by atoms with Crippen molar-refractivity contribution in [2.45, 2.75) is 62.8 Å². The predicted molar refractivity (Wildman–Crippen MR) is 134 cm³/mol. The van der Waals surface area contributed by atoms with Gasteiger partial charge in [-0.1, -0.05) is 24.6 Å². The molecule has 0 aromatic heterocycles. The van der Waals surface area contributed by atoms with Crippen LogP contribution in [0.5, 0.6) is 0 Å². The lowest BCUT2D eigenvalue weighted by Gasteiger charge is -2.44. The summed E-state index contributed by atoms with van der Waals surface area (Å²) in [5.41, 5.74) is 4.35. The number of hydrogen-bond acceptors (Lipinski definition) is 5.